The second-order valence-corrected chi connectivity index (χ2v) is 3.45. The molecule has 88 valence electrons. The quantitative estimate of drug-likeness (QED) is 0.582. The van der Waals surface area contributed by atoms with Gasteiger partial charge in [-0.2, -0.15) is 0 Å². The van der Waals surface area contributed by atoms with Crippen LogP contribution in [0.1, 0.15) is 20.3 Å². The van der Waals surface area contributed by atoms with E-state index in [1.807, 2.05) is 13.8 Å². The molecular formula is C10H20N2O3. The van der Waals surface area contributed by atoms with Crippen molar-refractivity contribution in [3.63, 3.8) is 0 Å². The Labute approximate surface area is 90.5 Å². The van der Waals surface area contributed by atoms with Gasteiger partial charge in [0.15, 0.2) is 6.29 Å². The highest BCUT2D eigenvalue weighted by atomic mass is 16.7. The Morgan fingerprint density at radius 2 is 2.13 bits per heavy atom. The first kappa shape index (κ1) is 12.4. The van der Waals surface area contributed by atoms with Crippen LogP contribution in [-0.4, -0.2) is 44.5 Å². The molecule has 0 spiro atoms. The Morgan fingerprint density at radius 3 is 2.60 bits per heavy atom. The number of rotatable bonds is 7. The molecule has 1 rings (SSSR count). The molecule has 0 bridgehead atoms. The third-order valence-electron chi connectivity index (χ3n) is 2.26. The van der Waals surface area contributed by atoms with E-state index < -0.39 is 0 Å². The fraction of sp³-hybridized carbons (Fsp3) is 0.900. The minimum atomic E-state index is -0.212. The van der Waals surface area contributed by atoms with Crippen molar-refractivity contribution in [2.24, 2.45) is 0 Å². The lowest BCUT2D eigenvalue weighted by Crippen LogP contribution is -2.39. The van der Waals surface area contributed by atoms with E-state index in [2.05, 4.69) is 10.6 Å². The van der Waals surface area contributed by atoms with Gasteiger partial charge in [0.2, 0.25) is 5.91 Å². The number of nitrogens with one attached hydrogen (secondary N) is 2. The van der Waals surface area contributed by atoms with Crippen molar-refractivity contribution in [1.29, 1.82) is 0 Å². The first-order valence-electron chi connectivity index (χ1n) is 5.49. The molecule has 2 N–H and O–H groups in total. The van der Waals surface area contributed by atoms with Crippen LogP contribution in [0.2, 0.25) is 0 Å². The minimum absolute atomic E-state index is 0.108. The molecule has 15 heavy (non-hydrogen) atoms. The molecule has 1 aliphatic rings. The van der Waals surface area contributed by atoms with E-state index >= 15 is 0 Å². The number of carbonyl (C=O) groups excluding carboxylic acids is 1. The highest BCUT2D eigenvalue weighted by molar-refractivity contribution is 5.78. The molecule has 0 radical (unpaired) electrons. The molecule has 0 aromatic rings. The lowest BCUT2D eigenvalue weighted by Gasteiger charge is -2.19. The third kappa shape index (κ3) is 4.59. The van der Waals surface area contributed by atoms with Gasteiger partial charge < -0.3 is 20.1 Å². The van der Waals surface area contributed by atoms with Crippen molar-refractivity contribution in [1.82, 2.24) is 10.6 Å². The van der Waals surface area contributed by atoms with Crippen molar-refractivity contribution >= 4 is 5.91 Å². The van der Waals surface area contributed by atoms with Crippen molar-refractivity contribution < 1.29 is 14.3 Å². The molecule has 5 heteroatoms. The summed E-state index contributed by atoms with van der Waals surface area (Å²) in [6.45, 7) is 6.47. The monoisotopic (exact) mass is 216 g/mol. The second kappa shape index (κ2) is 6.76. The molecular weight excluding hydrogens is 196 g/mol. The largest absolute Gasteiger partial charge is 0.354 e. The van der Waals surface area contributed by atoms with Crippen LogP contribution < -0.4 is 10.6 Å². The maximum atomic E-state index is 10.9. The van der Waals surface area contributed by atoms with Gasteiger partial charge in [-0.1, -0.05) is 0 Å². The summed E-state index contributed by atoms with van der Waals surface area (Å²) in [6.07, 6.45) is 0.334. The van der Waals surface area contributed by atoms with Crippen molar-refractivity contribution in [3.05, 3.63) is 0 Å². The first-order valence-corrected chi connectivity index (χ1v) is 5.49. The maximum Gasteiger partial charge on any atom is 0.221 e. The van der Waals surface area contributed by atoms with Crippen LogP contribution in [0.5, 0.6) is 0 Å². The second-order valence-electron chi connectivity index (χ2n) is 3.45. The summed E-state index contributed by atoms with van der Waals surface area (Å²) in [5.74, 6) is 0.108. The van der Waals surface area contributed by atoms with Crippen LogP contribution >= 0.6 is 0 Å². The predicted molar refractivity (Wildman–Crippen MR) is 56.5 cm³/mol. The van der Waals surface area contributed by atoms with Crippen LogP contribution in [0.4, 0.5) is 0 Å². The Kier molecular flexibility index (Phi) is 5.60. The Morgan fingerprint density at radius 1 is 1.47 bits per heavy atom. The van der Waals surface area contributed by atoms with E-state index in [4.69, 9.17) is 9.47 Å². The van der Waals surface area contributed by atoms with E-state index in [0.29, 0.717) is 32.7 Å². The Bertz CT molecular complexity index is 193. The lowest BCUT2D eigenvalue weighted by atomic mass is 10.2. The van der Waals surface area contributed by atoms with Crippen molar-refractivity contribution in [2.45, 2.75) is 32.6 Å². The summed E-state index contributed by atoms with van der Waals surface area (Å²) in [7, 11) is 0. The minimum Gasteiger partial charge on any atom is -0.354 e. The number of amides is 1. The maximum absolute atomic E-state index is 10.9. The average molecular weight is 216 g/mol. The normalized spacial score (nSPS) is 21.0. The fourth-order valence-electron chi connectivity index (χ4n) is 1.55. The summed E-state index contributed by atoms with van der Waals surface area (Å²) >= 11 is 0. The zero-order chi connectivity index (χ0) is 11.1. The smallest absolute Gasteiger partial charge is 0.221 e. The lowest BCUT2D eigenvalue weighted by molar-refractivity contribution is -0.133. The van der Waals surface area contributed by atoms with E-state index in [9.17, 15) is 4.79 Å². The van der Waals surface area contributed by atoms with Crippen LogP contribution in [0.15, 0.2) is 0 Å². The van der Waals surface area contributed by atoms with Gasteiger partial charge in [-0.05, 0) is 13.8 Å². The zero-order valence-electron chi connectivity index (χ0n) is 9.41. The average Bonchev–Trinajstić information content (AvgIpc) is 2.61. The van der Waals surface area contributed by atoms with Gasteiger partial charge >= 0.3 is 0 Å². The van der Waals surface area contributed by atoms with E-state index in [1.54, 1.807) is 0 Å². The van der Waals surface area contributed by atoms with Crippen molar-refractivity contribution in [2.75, 3.05) is 26.3 Å². The SMILES string of the molecule is CCOC(CNC1CNC(=O)C1)OCC. The summed E-state index contributed by atoms with van der Waals surface area (Å²) in [4.78, 5) is 10.9. The summed E-state index contributed by atoms with van der Waals surface area (Å²) in [5.41, 5.74) is 0. The van der Waals surface area contributed by atoms with Crippen LogP contribution in [0.3, 0.4) is 0 Å². The van der Waals surface area contributed by atoms with Crippen LogP contribution in [-0.2, 0) is 14.3 Å². The molecule has 0 saturated carbocycles. The standard InChI is InChI=1S/C10H20N2O3/c1-3-14-10(15-4-2)7-11-8-5-9(13)12-6-8/h8,10-11H,3-7H2,1-2H3,(H,12,13). The summed E-state index contributed by atoms with van der Waals surface area (Å²) in [5, 5.41) is 6.02. The molecule has 1 saturated heterocycles. The molecule has 5 nitrogen and oxygen atoms in total. The molecule has 1 atom stereocenters. The van der Waals surface area contributed by atoms with Gasteiger partial charge in [-0.15, -0.1) is 0 Å². The number of hydrogen-bond acceptors (Lipinski definition) is 4. The van der Waals surface area contributed by atoms with Gasteiger partial charge in [0.25, 0.3) is 0 Å². The fourth-order valence-corrected chi connectivity index (χ4v) is 1.55. The highest BCUT2D eigenvalue weighted by Gasteiger charge is 2.21. The molecule has 0 aromatic carbocycles. The topological polar surface area (TPSA) is 59.6 Å². The molecule has 1 fully saturated rings. The predicted octanol–water partition coefficient (Wildman–Crippen LogP) is -0.136. The number of carbonyl (C=O) groups is 1. The Hall–Kier alpha value is -0.650. The third-order valence-corrected chi connectivity index (χ3v) is 2.26. The molecule has 1 aliphatic heterocycles. The van der Waals surface area contributed by atoms with E-state index in [1.165, 1.54) is 0 Å². The summed E-state index contributed by atoms with van der Waals surface area (Å²) in [6, 6.07) is 0.209. The molecule has 0 aliphatic carbocycles. The summed E-state index contributed by atoms with van der Waals surface area (Å²) < 4.78 is 10.8. The molecule has 1 heterocycles. The van der Waals surface area contributed by atoms with Crippen molar-refractivity contribution in [3.8, 4) is 0 Å². The number of hydrogen-bond donors (Lipinski definition) is 2. The van der Waals surface area contributed by atoms with E-state index in [0.717, 1.165) is 0 Å². The van der Waals surface area contributed by atoms with Gasteiger partial charge in [0, 0.05) is 38.8 Å². The first-order chi connectivity index (χ1) is 7.26. The molecule has 0 aromatic heterocycles. The highest BCUT2D eigenvalue weighted by Crippen LogP contribution is 2.00. The van der Waals surface area contributed by atoms with Crippen LogP contribution in [0, 0.1) is 0 Å². The van der Waals surface area contributed by atoms with Gasteiger partial charge in [-0.3, -0.25) is 4.79 Å². The van der Waals surface area contributed by atoms with E-state index in [-0.39, 0.29) is 18.2 Å². The van der Waals surface area contributed by atoms with Crippen LogP contribution in [0.25, 0.3) is 0 Å². The zero-order valence-corrected chi connectivity index (χ0v) is 9.41. The molecule has 1 amide bonds. The molecule has 1 unspecified atom stereocenters. The van der Waals surface area contributed by atoms with Gasteiger partial charge in [-0.25, -0.2) is 0 Å². The number of ether oxygens (including phenoxy) is 2. The Balaban J connectivity index is 2.17. The van der Waals surface area contributed by atoms with Gasteiger partial charge in [0.1, 0.15) is 0 Å². The van der Waals surface area contributed by atoms with Gasteiger partial charge in [0.05, 0.1) is 0 Å².